The standard InChI is InChI=1S/C23H26N6O3S/c1-32-10-8-26-21(30)18-14-33-20-19(18)27-23(28-9-4-7-17(25)13-28)29(22(20)31)12-16-6-3-2-5-15(16)11-24/h2-3,5-6,14,17H,4,7-10,12-13,25H2,1H3,(H,26,30)/t17-/m1/s1. The maximum absolute atomic E-state index is 13.6. The molecule has 10 heteroatoms. The van der Waals surface area contributed by atoms with Gasteiger partial charge in [-0.1, -0.05) is 18.2 Å². The third kappa shape index (κ3) is 4.75. The molecular weight excluding hydrogens is 440 g/mol. The molecule has 1 aliphatic heterocycles. The van der Waals surface area contributed by atoms with E-state index >= 15 is 0 Å². The Hall–Kier alpha value is -3.26. The highest BCUT2D eigenvalue weighted by molar-refractivity contribution is 7.17. The first-order chi connectivity index (χ1) is 16.0. The number of methoxy groups -OCH3 is 1. The Balaban J connectivity index is 1.83. The van der Waals surface area contributed by atoms with E-state index in [0.29, 0.717) is 53.5 Å². The lowest BCUT2D eigenvalue weighted by atomic mass is 10.1. The molecule has 1 aliphatic rings. The van der Waals surface area contributed by atoms with E-state index in [2.05, 4.69) is 11.4 Å². The molecule has 1 saturated heterocycles. The van der Waals surface area contributed by atoms with Crippen LogP contribution in [0.5, 0.6) is 0 Å². The van der Waals surface area contributed by atoms with E-state index in [4.69, 9.17) is 15.5 Å². The molecule has 3 heterocycles. The maximum atomic E-state index is 13.6. The van der Waals surface area contributed by atoms with E-state index in [1.54, 1.807) is 29.2 Å². The SMILES string of the molecule is COCCNC(=O)c1csc2c(=O)n(Cc3ccccc3C#N)c(N3CCC[C@@H](N)C3)nc12. The van der Waals surface area contributed by atoms with Gasteiger partial charge in [-0.05, 0) is 24.5 Å². The second-order valence-corrected chi connectivity index (χ2v) is 8.88. The summed E-state index contributed by atoms with van der Waals surface area (Å²) in [7, 11) is 1.57. The Labute approximate surface area is 195 Å². The predicted molar refractivity (Wildman–Crippen MR) is 128 cm³/mol. The topological polar surface area (TPSA) is 126 Å². The number of anilines is 1. The van der Waals surface area contributed by atoms with Gasteiger partial charge >= 0.3 is 0 Å². The molecule has 1 amide bonds. The van der Waals surface area contributed by atoms with Crippen molar-refractivity contribution in [3.05, 3.63) is 56.7 Å². The number of carbonyl (C=O) groups is 1. The Kier molecular flexibility index (Phi) is 7.03. The number of aromatic nitrogens is 2. The number of nitrogens with one attached hydrogen (secondary N) is 1. The van der Waals surface area contributed by atoms with Crippen LogP contribution in [0.1, 0.15) is 34.3 Å². The van der Waals surface area contributed by atoms with E-state index in [0.717, 1.165) is 18.4 Å². The number of ether oxygens (including phenoxy) is 1. The molecule has 1 atom stereocenters. The first-order valence-corrected chi connectivity index (χ1v) is 11.7. The van der Waals surface area contributed by atoms with Crippen molar-refractivity contribution in [1.82, 2.24) is 14.9 Å². The summed E-state index contributed by atoms with van der Waals surface area (Å²) in [6.45, 7) is 2.24. The van der Waals surface area contributed by atoms with Crippen LogP contribution in [0.4, 0.5) is 5.95 Å². The summed E-state index contributed by atoms with van der Waals surface area (Å²) in [5.74, 6) is 0.179. The monoisotopic (exact) mass is 466 g/mol. The lowest BCUT2D eigenvalue weighted by Gasteiger charge is -2.33. The van der Waals surface area contributed by atoms with E-state index in [-0.39, 0.29) is 24.1 Å². The third-order valence-electron chi connectivity index (χ3n) is 5.70. The molecule has 0 aliphatic carbocycles. The molecule has 0 unspecified atom stereocenters. The number of piperidine rings is 1. The van der Waals surface area contributed by atoms with Crippen LogP contribution in [0.2, 0.25) is 0 Å². The fourth-order valence-electron chi connectivity index (χ4n) is 4.02. The molecule has 2 aromatic heterocycles. The number of nitrogens with two attached hydrogens (primary N) is 1. The van der Waals surface area contributed by atoms with Crippen molar-refractivity contribution in [1.29, 1.82) is 5.26 Å². The number of carbonyl (C=O) groups excluding carboxylic acids is 1. The summed E-state index contributed by atoms with van der Waals surface area (Å²) < 4.78 is 7.00. The van der Waals surface area contributed by atoms with Crippen molar-refractivity contribution >= 4 is 33.4 Å². The van der Waals surface area contributed by atoms with Gasteiger partial charge in [-0.2, -0.15) is 5.26 Å². The summed E-state index contributed by atoms with van der Waals surface area (Å²) >= 11 is 1.20. The summed E-state index contributed by atoms with van der Waals surface area (Å²) in [6, 6.07) is 9.38. The van der Waals surface area contributed by atoms with Crippen molar-refractivity contribution in [2.24, 2.45) is 5.73 Å². The number of nitriles is 1. The van der Waals surface area contributed by atoms with Crippen LogP contribution in [-0.4, -0.2) is 54.9 Å². The fourth-order valence-corrected chi connectivity index (χ4v) is 4.96. The molecule has 9 nitrogen and oxygen atoms in total. The Morgan fingerprint density at radius 1 is 1.42 bits per heavy atom. The first-order valence-electron chi connectivity index (χ1n) is 10.8. The highest BCUT2D eigenvalue weighted by Crippen LogP contribution is 2.26. The Morgan fingerprint density at radius 2 is 2.24 bits per heavy atom. The Morgan fingerprint density at radius 3 is 3.00 bits per heavy atom. The minimum Gasteiger partial charge on any atom is -0.383 e. The van der Waals surface area contributed by atoms with Crippen molar-refractivity contribution in [3.63, 3.8) is 0 Å². The van der Waals surface area contributed by atoms with Gasteiger partial charge in [-0.15, -0.1) is 11.3 Å². The number of fused-ring (bicyclic) bond motifs is 1. The van der Waals surface area contributed by atoms with Gasteiger partial charge in [0.1, 0.15) is 10.2 Å². The zero-order valence-electron chi connectivity index (χ0n) is 18.4. The van der Waals surface area contributed by atoms with Crippen LogP contribution < -0.4 is 21.5 Å². The summed E-state index contributed by atoms with van der Waals surface area (Å²) in [5, 5.41) is 14.0. The average molecular weight is 467 g/mol. The number of benzene rings is 1. The molecule has 172 valence electrons. The summed E-state index contributed by atoms with van der Waals surface area (Å²) in [5.41, 5.74) is 7.98. The van der Waals surface area contributed by atoms with Gasteiger partial charge in [-0.25, -0.2) is 4.98 Å². The minimum atomic E-state index is -0.293. The molecule has 0 saturated carbocycles. The quantitative estimate of drug-likeness (QED) is 0.507. The van der Waals surface area contributed by atoms with Gasteiger partial charge in [0.25, 0.3) is 11.5 Å². The second kappa shape index (κ2) is 10.1. The number of hydrogen-bond acceptors (Lipinski definition) is 8. The van der Waals surface area contributed by atoms with Crippen LogP contribution in [-0.2, 0) is 11.3 Å². The van der Waals surface area contributed by atoms with Crippen molar-refractivity contribution in [2.75, 3.05) is 38.3 Å². The highest BCUT2D eigenvalue weighted by atomic mass is 32.1. The van der Waals surface area contributed by atoms with Gasteiger partial charge in [0.05, 0.1) is 30.3 Å². The molecule has 0 spiro atoms. The van der Waals surface area contributed by atoms with Crippen LogP contribution in [0.3, 0.4) is 0 Å². The van der Waals surface area contributed by atoms with E-state index in [1.807, 2.05) is 17.0 Å². The number of amides is 1. The van der Waals surface area contributed by atoms with Crippen LogP contribution in [0, 0.1) is 11.3 Å². The number of thiophene rings is 1. The minimum absolute atomic E-state index is 0.0227. The van der Waals surface area contributed by atoms with Gasteiger partial charge in [0.2, 0.25) is 5.95 Å². The maximum Gasteiger partial charge on any atom is 0.273 e. The van der Waals surface area contributed by atoms with Gasteiger partial charge < -0.3 is 20.7 Å². The predicted octanol–water partition coefficient (Wildman–Crippen LogP) is 1.68. The van der Waals surface area contributed by atoms with Crippen molar-refractivity contribution < 1.29 is 9.53 Å². The normalized spacial score (nSPS) is 16.0. The molecule has 1 aromatic carbocycles. The smallest absolute Gasteiger partial charge is 0.273 e. The summed E-state index contributed by atoms with van der Waals surface area (Å²) in [4.78, 5) is 33.2. The average Bonchev–Trinajstić information content (AvgIpc) is 3.25. The summed E-state index contributed by atoms with van der Waals surface area (Å²) in [6.07, 6.45) is 1.80. The van der Waals surface area contributed by atoms with Crippen LogP contribution >= 0.6 is 11.3 Å². The zero-order valence-corrected chi connectivity index (χ0v) is 19.2. The lowest BCUT2D eigenvalue weighted by molar-refractivity contribution is 0.0939. The second-order valence-electron chi connectivity index (χ2n) is 8.00. The van der Waals surface area contributed by atoms with Crippen LogP contribution in [0.25, 0.3) is 10.2 Å². The number of hydrogen-bond donors (Lipinski definition) is 2. The first kappa shape index (κ1) is 22.9. The molecular formula is C23H26N6O3S. The van der Waals surface area contributed by atoms with E-state index in [1.165, 1.54) is 11.3 Å². The van der Waals surface area contributed by atoms with Crippen LogP contribution in [0.15, 0.2) is 34.4 Å². The molecule has 33 heavy (non-hydrogen) atoms. The van der Waals surface area contributed by atoms with Crippen molar-refractivity contribution in [3.8, 4) is 6.07 Å². The third-order valence-corrected chi connectivity index (χ3v) is 6.66. The largest absolute Gasteiger partial charge is 0.383 e. The zero-order chi connectivity index (χ0) is 23.4. The molecule has 3 N–H and O–H groups in total. The molecule has 4 rings (SSSR count). The van der Waals surface area contributed by atoms with Crippen molar-refractivity contribution in [2.45, 2.75) is 25.4 Å². The molecule has 3 aromatic rings. The number of rotatable bonds is 7. The van der Waals surface area contributed by atoms with E-state index in [9.17, 15) is 14.9 Å². The fraction of sp³-hybridized carbons (Fsp3) is 0.391. The van der Waals surface area contributed by atoms with Gasteiger partial charge in [0.15, 0.2) is 0 Å². The number of nitrogens with zero attached hydrogens (tertiary/aromatic N) is 4. The van der Waals surface area contributed by atoms with Gasteiger partial charge in [-0.3, -0.25) is 14.2 Å². The van der Waals surface area contributed by atoms with E-state index < -0.39 is 0 Å². The highest BCUT2D eigenvalue weighted by Gasteiger charge is 2.25. The molecule has 1 fully saturated rings. The molecule has 0 bridgehead atoms. The van der Waals surface area contributed by atoms with Gasteiger partial charge in [0, 0.05) is 38.2 Å². The Bertz CT molecular complexity index is 1260. The lowest BCUT2D eigenvalue weighted by Crippen LogP contribution is -2.45. The molecule has 0 radical (unpaired) electrons.